The number of pyridine rings is 1. The Morgan fingerprint density at radius 2 is 1.72 bits per heavy atom. The fourth-order valence-corrected chi connectivity index (χ4v) is 4.05. The van der Waals surface area contributed by atoms with Crippen molar-refractivity contribution in [1.29, 1.82) is 0 Å². The fraction of sp³-hybridized carbons (Fsp3) is 0.217. The molecular formula is C23H21F2N3O. The van der Waals surface area contributed by atoms with Crippen molar-refractivity contribution in [2.45, 2.75) is 31.2 Å². The molecule has 1 fully saturated rings. The van der Waals surface area contributed by atoms with Gasteiger partial charge in [-0.15, -0.1) is 0 Å². The van der Waals surface area contributed by atoms with Gasteiger partial charge in [0.05, 0.1) is 5.54 Å². The minimum absolute atomic E-state index is 0.249. The van der Waals surface area contributed by atoms with Crippen molar-refractivity contribution < 1.29 is 13.6 Å². The summed E-state index contributed by atoms with van der Waals surface area (Å²) in [5, 5.41) is 3.46. The molecule has 148 valence electrons. The number of aromatic nitrogens is 1. The molecule has 4 nitrogen and oxygen atoms in total. The van der Waals surface area contributed by atoms with Gasteiger partial charge in [-0.2, -0.15) is 0 Å². The highest BCUT2D eigenvalue weighted by molar-refractivity contribution is 5.94. The van der Waals surface area contributed by atoms with E-state index in [-0.39, 0.29) is 11.4 Å². The van der Waals surface area contributed by atoms with Gasteiger partial charge in [0.15, 0.2) is 0 Å². The number of primary amides is 1. The summed E-state index contributed by atoms with van der Waals surface area (Å²) in [6.07, 6.45) is 5.17. The molecule has 0 unspecified atom stereocenters. The largest absolute Gasteiger partial charge is 0.374 e. The number of benzene rings is 2. The molecule has 1 aromatic heterocycles. The molecule has 4 rings (SSSR count). The van der Waals surface area contributed by atoms with Crippen LogP contribution in [-0.4, -0.2) is 10.9 Å². The number of halogens is 2. The van der Waals surface area contributed by atoms with E-state index in [4.69, 9.17) is 5.73 Å². The molecule has 0 radical (unpaired) electrons. The van der Waals surface area contributed by atoms with Gasteiger partial charge in [-0.25, -0.2) is 8.78 Å². The first-order valence-corrected chi connectivity index (χ1v) is 9.57. The number of hydrogen-bond donors (Lipinski definition) is 2. The number of nitrogens with one attached hydrogen (secondary N) is 1. The Balaban J connectivity index is 1.64. The summed E-state index contributed by atoms with van der Waals surface area (Å²) in [7, 11) is 0. The maximum absolute atomic E-state index is 14.4. The van der Waals surface area contributed by atoms with Crippen LogP contribution in [0.1, 0.15) is 41.7 Å². The van der Waals surface area contributed by atoms with Crippen molar-refractivity contribution in [3.05, 3.63) is 83.7 Å². The van der Waals surface area contributed by atoms with Crippen LogP contribution in [0.25, 0.3) is 11.1 Å². The van der Waals surface area contributed by atoms with Crippen LogP contribution in [0.2, 0.25) is 0 Å². The Morgan fingerprint density at radius 3 is 2.38 bits per heavy atom. The SMILES string of the molecule is NC(=O)c1ccc(F)c(-c2ccc(NC3(c4ncccc4F)CCCC3)cc2)c1. The van der Waals surface area contributed by atoms with E-state index in [0.29, 0.717) is 16.8 Å². The van der Waals surface area contributed by atoms with Crippen LogP contribution >= 0.6 is 0 Å². The number of hydrogen-bond acceptors (Lipinski definition) is 3. The molecule has 0 aliphatic heterocycles. The first kappa shape index (κ1) is 19.1. The maximum atomic E-state index is 14.4. The lowest BCUT2D eigenvalue weighted by Gasteiger charge is -2.31. The van der Waals surface area contributed by atoms with Crippen LogP contribution in [-0.2, 0) is 5.54 Å². The number of carbonyl (C=O) groups is 1. The van der Waals surface area contributed by atoms with Crippen molar-refractivity contribution in [1.82, 2.24) is 4.98 Å². The van der Waals surface area contributed by atoms with Gasteiger partial charge in [0.2, 0.25) is 5.91 Å². The van der Waals surface area contributed by atoms with E-state index in [1.165, 1.54) is 24.3 Å². The monoisotopic (exact) mass is 393 g/mol. The summed E-state index contributed by atoms with van der Waals surface area (Å²) in [4.78, 5) is 15.7. The molecule has 3 N–H and O–H groups in total. The van der Waals surface area contributed by atoms with Crippen molar-refractivity contribution in [2.75, 3.05) is 5.32 Å². The molecular weight excluding hydrogens is 372 g/mol. The zero-order chi connectivity index (χ0) is 20.4. The van der Waals surface area contributed by atoms with Crippen LogP contribution < -0.4 is 11.1 Å². The lowest BCUT2D eigenvalue weighted by Crippen LogP contribution is -2.34. The van der Waals surface area contributed by atoms with E-state index < -0.39 is 17.3 Å². The summed E-state index contributed by atoms with van der Waals surface area (Å²) in [6.45, 7) is 0. The number of rotatable bonds is 5. The number of carbonyl (C=O) groups excluding carboxylic acids is 1. The van der Waals surface area contributed by atoms with Gasteiger partial charge >= 0.3 is 0 Å². The van der Waals surface area contributed by atoms with Gasteiger partial charge in [-0.05, 0) is 60.9 Å². The van der Waals surface area contributed by atoms with Crippen molar-refractivity contribution >= 4 is 11.6 Å². The zero-order valence-corrected chi connectivity index (χ0v) is 15.8. The fourth-order valence-electron chi connectivity index (χ4n) is 4.05. The molecule has 3 aromatic rings. The maximum Gasteiger partial charge on any atom is 0.248 e. The summed E-state index contributed by atoms with van der Waals surface area (Å²) in [6, 6.07) is 14.3. The lowest BCUT2D eigenvalue weighted by molar-refractivity contribution is 0.100. The average Bonchev–Trinajstić information content (AvgIpc) is 3.18. The van der Waals surface area contributed by atoms with Gasteiger partial charge < -0.3 is 11.1 Å². The molecule has 1 aliphatic carbocycles. The van der Waals surface area contributed by atoms with E-state index >= 15 is 0 Å². The Hall–Kier alpha value is -3.28. The van der Waals surface area contributed by atoms with E-state index in [2.05, 4.69) is 10.3 Å². The lowest BCUT2D eigenvalue weighted by atomic mass is 9.91. The highest BCUT2D eigenvalue weighted by atomic mass is 19.1. The standard InChI is InChI=1S/C23H21F2N3O/c24-19-10-7-16(22(26)29)14-18(19)15-5-8-17(9-6-15)28-23(11-1-2-12-23)21-20(25)4-3-13-27-21/h3-10,13-14,28H,1-2,11-12H2,(H2,26,29). The number of anilines is 1. The molecule has 1 heterocycles. The summed E-state index contributed by atoms with van der Waals surface area (Å²) in [5.74, 6) is -1.35. The smallest absolute Gasteiger partial charge is 0.248 e. The van der Waals surface area contributed by atoms with Crippen molar-refractivity contribution in [3.63, 3.8) is 0 Å². The second-order valence-corrected chi connectivity index (χ2v) is 7.38. The molecule has 0 spiro atoms. The molecule has 6 heteroatoms. The van der Waals surface area contributed by atoms with E-state index in [1.807, 2.05) is 12.1 Å². The Labute approximate surface area is 167 Å². The number of amides is 1. The average molecular weight is 393 g/mol. The molecule has 2 aromatic carbocycles. The number of nitrogens with zero attached hydrogens (tertiary/aromatic N) is 1. The second kappa shape index (κ2) is 7.62. The third-order valence-electron chi connectivity index (χ3n) is 5.50. The summed E-state index contributed by atoms with van der Waals surface area (Å²) in [5.41, 5.74) is 7.16. The van der Waals surface area contributed by atoms with Gasteiger partial charge in [-0.1, -0.05) is 25.0 Å². The molecule has 0 atom stereocenters. The van der Waals surface area contributed by atoms with E-state index in [1.54, 1.807) is 24.4 Å². The summed E-state index contributed by atoms with van der Waals surface area (Å²) < 4.78 is 28.7. The van der Waals surface area contributed by atoms with Crippen molar-refractivity contribution in [3.8, 4) is 11.1 Å². The quantitative estimate of drug-likeness (QED) is 0.640. The van der Waals surface area contributed by atoms with Crippen LogP contribution in [0.4, 0.5) is 14.5 Å². The first-order chi connectivity index (χ1) is 14.0. The Morgan fingerprint density at radius 1 is 1.00 bits per heavy atom. The highest BCUT2D eigenvalue weighted by Gasteiger charge is 2.39. The van der Waals surface area contributed by atoms with E-state index in [9.17, 15) is 13.6 Å². The van der Waals surface area contributed by atoms with Crippen LogP contribution in [0.3, 0.4) is 0 Å². The van der Waals surface area contributed by atoms with Gasteiger partial charge in [0.25, 0.3) is 0 Å². The predicted octanol–water partition coefficient (Wildman–Crippen LogP) is 5.01. The van der Waals surface area contributed by atoms with E-state index in [0.717, 1.165) is 31.4 Å². The van der Waals surface area contributed by atoms with Gasteiger partial charge in [0.1, 0.15) is 17.3 Å². The molecule has 1 aliphatic rings. The summed E-state index contributed by atoms with van der Waals surface area (Å²) >= 11 is 0. The minimum atomic E-state index is -0.606. The molecule has 29 heavy (non-hydrogen) atoms. The molecule has 1 saturated carbocycles. The predicted molar refractivity (Wildman–Crippen MR) is 108 cm³/mol. The third-order valence-corrected chi connectivity index (χ3v) is 5.50. The van der Waals surface area contributed by atoms with Gasteiger partial charge in [0, 0.05) is 23.0 Å². The van der Waals surface area contributed by atoms with Gasteiger partial charge in [-0.3, -0.25) is 9.78 Å². The second-order valence-electron chi connectivity index (χ2n) is 7.38. The Bertz CT molecular complexity index is 1040. The van der Waals surface area contributed by atoms with Crippen LogP contribution in [0.5, 0.6) is 0 Å². The first-order valence-electron chi connectivity index (χ1n) is 9.57. The zero-order valence-electron chi connectivity index (χ0n) is 15.8. The minimum Gasteiger partial charge on any atom is -0.374 e. The van der Waals surface area contributed by atoms with Crippen LogP contribution in [0.15, 0.2) is 60.8 Å². The Kier molecular flexibility index (Phi) is 5.01. The molecule has 0 saturated heterocycles. The molecule has 1 amide bonds. The third kappa shape index (κ3) is 3.70. The highest BCUT2D eigenvalue weighted by Crippen LogP contribution is 2.42. The van der Waals surface area contributed by atoms with Crippen molar-refractivity contribution in [2.24, 2.45) is 5.73 Å². The number of nitrogens with two attached hydrogens (primary N) is 1. The van der Waals surface area contributed by atoms with Crippen LogP contribution in [0, 0.1) is 11.6 Å². The molecule has 0 bridgehead atoms. The topological polar surface area (TPSA) is 68.0 Å². The normalized spacial score (nSPS) is 15.2.